The standard InChI is InChI=1S/C24H31N3O3S/c1-4-26(18-20(2)3)24(28)22-11-8-12-23(17-22)31(29,30)27-15-13-25(14-16-27)19-21-9-6-5-7-10-21/h5-12,17H,2,4,13-16,18-19H2,1,3H3. The molecule has 1 fully saturated rings. The largest absolute Gasteiger partial charge is 0.335 e. The Morgan fingerprint density at radius 2 is 1.71 bits per heavy atom. The number of piperazine rings is 1. The van der Waals surface area contributed by atoms with E-state index in [0.29, 0.717) is 44.8 Å². The molecule has 7 heteroatoms. The summed E-state index contributed by atoms with van der Waals surface area (Å²) in [6.45, 7) is 11.7. The third kappa shape index (κ3) is 5.81. The summed E-state index contributed by atoms with van der Waals surface area (Å²) >= 11 is 0. The number of likely N-dealkylation sites (N-methyl/N-ethyl adjacent to an activating group) is 1. The maximum absolute atomic E-state index is 13.2. The molecule has 0 N–H and O–H groups in total. The van der Waals surface area contributed by atoms with E-state index in [0.717, 1.165) is 12.1 Å². The fourth-order valence-corrected chi connectivity index (χ4v) is 5.21. The molecule has 0 aromatic heterocycles. The number of rotatable bonds is 8. The van der Waals surface area contributed by atoms with Gasteiger partial charge in [-0.1, -0.05) is 48.6 Å². The van der Waals surface area contributed by atoms with E-state index in [1.165, 1.54) is 15.9 Å². The van der Waals surface area contributed by atoms with Gasteiger partial charge < -0.3 is 4.90 Å². The highest BCUT2D eigenvalue weighted by molar-refractivity contribution is 7.89. The minimum Gasteiger partial charge on any atom is -0.335 e. The van der Waals surface area contributed by atoms with Crippen molar-refractivity contribution < 1.29 is 13.2 Å². The van der Waals surface area contributed by atoms with Gasteiger partial charge in [0.2, 0.25) is 10.0 Å². The van der Waals surface area contributed by atoms with Crippen LogP contribution < -0.4 is 0 Å². The van der Waals surface area contributed by atoms with E-state index in [9.17, 15) is 13.2 Å². The molecule has 1 aliphatic rings. The lowest BCUT2D eigenvalue weighted by molar-refractivity contribution is 0.0778. The van der Waals surface area contributed by atoms with Crippen LogP contribution in [0.1, 0.15) is 29.8 Å². The molecule has 166 valence electrons. The van der Waals surface area contributed by atoms with Gasteiger partial charge in [-0.15, -0.1) is 0 Å². The van der Waals surface area contributed by atoms with Crippen LogP contribution in [0.5, 0.6) is 0 Å². The van der Waals surface area contributed by atoms with Crippen LogP contribution in [0.2, 0.25) is 0 Å². The molecule has 1 aliphatic heterocycles. The number of sulfonamides is 1. The van der Waals surface area contributed by atoms with Crippen LogP contribution in [0, 0.1) is 0 Å². The molecule has 0 bridgehead atoms. The number of amides is 1. The minimum absolute atomic E-state index is 0.168. The number of carbonyl (C=O) groups is 1. The van der Waals surface area contributed by atoms with Gasteiger partial charge in [0.15, 0.2) is 0 Å². The van der Waals surface area contributed by atoms with Crippen LogP contribution in [-0.4, -0.2) is 67.7 Å². The van der Waals surface area contributed by atoms with Crippen molar-refractivity contribution in [2.75, 3.05) is 39.3 Å². The second-order valence-corrected chi connectivity index (χ2v) is 9.91. The molecule has 0 radical (unpaired) electrons. The zero-order valence-corrected chi connectivity index (χ0v) is 19.1. The Kier molecular flexibility index (Phi) is 7.64. The number of benzene rings is 2. The predicted molar refractivity (Wildman–Crippen MR) is 123 cm³/mol. The zero-order valence-electron chi connectivity index (χ0n) is 18.3. The Morgan fingerprint density at radius 1 is 1.03 bits per heavy atom. The maximum atomic E-state index is 13.2. The molecule has 1 saturated heterocycles. The van der Waals surface area contributed by atoms with E-state index in [2.05, 4.69) is 23.6 Å². The smallest absolute Gasteiger partial charge is 0.254 e. The first kappa shape index (κ1) is 23.2. The second kappa shape index (κ2) is 10.2. The quantitative estimate of drug-likeness (QED) is 0.590. The van der Waals surface area contributed by atoms with Crippen molar-refractivity contribution in [3.63, 3.8) is 0 Å². The molecule has 2 aromatic carbocycles. The van der Waals surface area contributed by atoms with Crippen LogP contribution in [0.3, 0.4) is 0 Å². The topological polar surface area (TPSA) is 60.9 Å². The van der Waals surface area contributed by atoms with E-state index in [4.69, 9.17) is 0 Å². The average molecular weight is 442 g/mol. The normalized spacial score (nSPS) is 15.5. The first-order valence-corrected chi connectivity index (χ1v) is 12.1. The summed E-state index contributed by atoms with van der Waals surface area (Å²) in [4.78, 5) is 16.9. The maximum Gasteiger partial charge on any atom is 0.254 e. The van der Waals surface area contributed by atoms with E-state index < -0.39 is 10.0 Å². The summed E-state index contributed by atoms with van der Waals surface area (Å²) in [5, 5.41) is 0. The molecule has 1 amide bonds. The Bertz CT molecular complexity index is 1010. The SMILES string of the molecule is C=C(C)CN(CC)C(=O)c1cccc(S(=O)(=O)N2CCN(Cc3ccccc3)CC2)c1. The lowest BCUT2D eigenvalue weighted by atomic mass is 10.2. The molecular weight excluding hydrogens is 410 g/mol. The van der Waals surface area contributed by atoms with Crippen LogP contribution in [0.15, 0.2) is 71.6 Å². The molecular formula is C24H31N3O3S. The van der Waals surface area contributed by atoms with Gasteiger partial charge in [0.05, 0.1) is 4.90 Å². The van der Waals surface area contributed by atoms with Gasteiger partial charge in [-0.25, -0.2) is 8.42 Å². The summed E-state index contributed by atoms with van der Waals surface area (Å²) in [5.41, 5.74) is 2.49. The van der Waals surface area contributed by atoms with Crippen LogP contribution in [-0.2, 0) is 16.6 Å². The average Bonchev–Trinajstić information content (AvgIpc) is 2.78. The molecule has 3 rings (SSSR count). The minimum atomic E-state index is -3.65. The fourth-order valence-electron chi connectivity index (χ4n) is 3.74. The third-order valence-electron chi connectivity index (χ3n) is 5.43. The Balaban J connectivity index is 1.69. The summed E-state index contributed by atoms with van der Waals surface area (Å²) in [5.74, 6) is -0.185. The monoisotopic (exact) mass is 441 g/mol. The van der Waals surface area contributed by atoms with E-state index in [-0.39, 0.29) is 10.8 Å². The molecule has 1 heterocycles. The first-order chi connectivity index (χ1) is 14.8. The first-order valence-electron chi connectivity index (χ1n) is 10.6. The lowest BCUT2D eigenvalue weighted by Crippen LogP contribution is -2.48. The Labute approximate surface area is 185 Å². The second-order valence-electron chi connectivity index (χ2n) is 7.97. The van der Waals surface area contributed by atoms with Gasteiger partial charge in [-0.05, 0) is 37.6 Å². The van der Waals surface area contributed by atoms with Gasteiger partial charge in [0, 0.05) is 51.4 Å². The number of nitrogens with zero attached hydrogens (tertiary/aromatic N) is 3. The molecule has 2 aromatic rings. The van der Waals surface area contributed by atoms with Gasteiger partial charge >= 0.3 is 0 Å². The Morgan fingerprint density at radius 3 is 2.32 bits per heavy atom. The van der Waals surface area contributed by atoms with Crippen molar-refractivity contribution in [3.8, 4) is 0 Å². The molecule has 0 atom stereocenters. The fraction of sp³-hybridized carbons (Fsp3) is 0.375. The van der Waals surface area contributed by atoms with Gasteiger partial charge in [0.1, 0.15) is 0 Å². The van der Waals surface area contributed by atoms with Crippen LogP contribution >= 0.6 is 0 Å². The summed E-state index contributed by atoms with van der Waals surface area (Å²) in [7, 11) is -3.65. The van der Waals surface area contributed by atoms with E-state index in [1.807, 2.05) is 32.0 Å². The Hall–Kier alpha value is -2.48. The molecule has 31 heavy (non-hydrogen) atoms. The third-order valence-corrected chi connectivity index (χ3v) is 7.32. The number of hydrogen-bond acceptors (Lipinski definition) is 4. The van der Waals surface area contributed by atoms with Crippen molar-refractivity contribution in [2.24, 2.45) is 0 Å². The zero-order chi connectivity index (χ0) is 22.4. The van der Waals surface area contributed by atoms with E-state index >= 15 is 0 Å². The molecule has 0 aliphatic carbocycles. The summed E-state index contributed by atoms with van der Waals surface area (Å²) in [6, 6.07) is 16.6. The predicted octanol–water partition coefficient (Wildman–Crippen LogP) is 3.23. The highest BCUT2D eigenvalue weighted by atomic mass is 32.2. The molecule has 0 spiro atoms. The van der Waals surface area contributed by atoms with Crippen molar-refractivity contribution in [3.05, 3.63) is 77.9 Å². The van der Waals surface area contributed by atoms with Gasteiger partial charge in [-0.3, -0.25) is 9.69 Å². The number of carbonyl (C=O) groups excluding carboxylic acids is 1. The highest BCUT2D eigenvalue weighted by Crippen LogP contribution is 2.20. The van der Waals surface area contributed by atoms with E-state index in [1.54, 1.807) is 23.1 Å². The highest BCUT2D eigenvalue weighted by Gasteiger charge is 2.29. The van der Waals surface area contributed by atoms with Crippen molar-refractivity contribution in [1.82, 2.24) is 14.1 Å². The lowest BCUT2D eigenvalue weighted by Gasteiger charge is -2.34. The van der Waals surface area contributed by atoms with Crippen molar-refractivity contribution >= 4 is 15.9 Å². The van der Waals surface area contributed by atoms with Crippen molar-refractivity contribution in [2.45, 2.75) is 25.3 Å². The molecule has 0 unspecified atom stereocenters. The van der Waals surface area contributed by atoms with Crippen molar-refractivity contribution in [1.29, 1.82) is 0 Å². The van der Waals surface area contributed by atoms with Crippen LogP contribution in [0.4, 0.5) is 0 Å². The van der Waals surface area contributed by atoms with Crippen LogP contribution in [0.25, 0.3) is 0 Å². The van der Waals surface area contributed by atoms with Gasteiger partial charge in [0.25, 0.3) is 5.91 Å². The summed E-state index contributed by atoms with van der Waals surface area (Å²) in [6.07, 6.45) is 0. The molecule has 0 saturated carbocycles. The summed E-state index contributed by atoms with van der Waals surface area (Å²) < 4.78 is 27.9. The number of hydrogen-bond donors (Lipinski definition) is 0. The van der Waals surface area contributed by atoms with Gasteiger partial charge in [-0.2, -0.15) is 4.31 Å². The molecule has 6 nitrogen and oxygen atoms in total.